The zero-order valence-corrected chi connectivity index (χ0v) is 41.9. The fourth-order valence-corrected chi connectivity index (χ4v) is 19.7. The molecule has 0 amide bonds. The van der Waals surface area contributed by atoms with Crippen LogP contribution in [-0.2, 0) is 46.3 Å². The molecule has 0 saturated carbocycles. The van der Waals surface area contributed by atoms with Gasteiger partial charge in [0.1, 0.15) is 0 Å². The summed E-state index contributed by atoms with van der Waals surface area (Å²) in [5, 5.41) is 10.9. The third-order valence-corrected chi connectivity index (χ3v) is 23.2. The average Bonchev–Trinajstić information content (AvgIpc) is 3.12. The van der Waals surface area contributed by atoms with Crippen molar-refractivity contribution in [2.45, 2.75) is 123 Å². The van der Waals surface area contributed by atoms with Crippen LogP contribution in [0.15, 0.2) is 12.1 Å². The van der Waals surface area contributed by atoms with E-state index < -0.39 is 44.0 Å². The second-order valence-electron chi connectivity index (χ2n) is 13.2. The van der Waals surface area contributed by atoms with Crippen molar-refractivity contribution in [2.24, 2.45) is 0 Å². The summed E-state index contributed by atoms with van der Waals surface area (Å²) in [5.74, 6) is 0.155. The molecule has 1 aromatic carbocycles. The van der Waals surface area contributed by atoms with Crippen molar-refractivity contribution in [3.63, 3.8) is 0 Å². The molecule has 308 valence electrons. The molecule has 0 bridgehead atoms. The van der Waals surface area contributed by atoms with E-state index in [-0.39, 0.29) is 11.3 Å². The quantitative estimate of drug-likeness (QED) is 0.0559. The predicted molar refractivity (Wildman–Crippen MR) is 230 cm³/mol. The summed E-state index contributed by atoms with van der Waals surface area (Å²) < 4.78 is 54.9. The van der Waals surface area contributed by atoms with Crippen LogP contribution in [0.4, 0.5) is 0 Å². The molecule has 1 rings (SSSR count). The van der Waals surface area contributed by atoms with Crippen LogP contribution in [-0.4, -0.2) is 133 Å². The van der Waals surface area contributed by atoms with Crippen LogP contribution >= 0.6 is 0 Å². The van der Waals surface area contributed by atoms with Crippen LogP contribution in [0.25, 0.3) is 0 Å². The highest BCUT2D eigenvalue weighted by Crippen LogP contribution is 2.31. The molecular formula is C36H76N2O9Si6. The highest BCUT2D eigenvalue weighted by atomic mass is 28.4. The van der Waals surface area contributed by atoms with Gasteiger partial charge in [0.05, 0.1) is 32.7 Å². The molecular weight excluding hydrogens is 773 g/mol. The second-order valence-corrected chi connectivity index (χ2v) is 28.5. The summed E-state index contributed by atoms with van der Waals surface area (Å²) in [6, 6.07) is 7.35. The molecule has 0 spiro atoms. The molecule has 17 heteroatoms. The zero-order chi connectivity index (χ0) is 39.9. The molecule has 2 N–H and O–H groups in total. The second kappa shape index (κ2) is 27.7. The Kier molecular flexibility index (Phi) is 26.7. The maximum Gasteiger partial charge on any atom is 0.507 e. The van der Waals surface area contributed by atoms with Gasteiger partial charge in [-0.05, 0) is 85.0 Å². The smallest absolute Gasteiger partial charge is 0.376 e. The maximum absolute atomic E-state index is 6.14. The molecule has 11 nitrogen and oxygen atoms in total. The Bertz CT molecular complexity index is 1030. The minimum atomic E-state index is -2.93. The maximum atomic E-state index is 6.14. The van der Waals surface area contributed by atoms with Crippen molar-refractivity contribution in [3.05, 3.63) is 23.3 Å². The first-order valence-corrected chi connectivity index (χ1v) is 31.8. The summed E-state index contributed by atoms with van der Waals surface area (Å²) >= 11 is 0. The van der Waals surface area contributed by atoms with E-state index in [9.17, 15) is 0 Å². The lowest BCUT2D eigenvalue weighted by molar-refractivity contribution is 0.0701. The van der Waals surface area contributed by atoms with Crippen molar-refractivity contribution in [1.82, 2.24) is 10.6 Å². The fraction of sp³-hybridized carbons (Fsp3) is 0.833. The molecule has 1 aromatic rings. The summed E-state index contributed by atoms with van der Waals surface area (Å²) in [4.78, 5) is 0. The van der Waals surface area contributed by atoms with Crippen LogP contribution in [0, 0.1) is 0 Å². The summed E-state index contributed by atoms with van der Waals surface area (Å²) in [6.45, 7) is 29.2. The van der Waals surface area contributed by atoms with Crippen molar-refractivity contribution < 1.29 is 39.8 Å². The van der Waals surface area contributed by atoms with Crippen molar-refractivity contribution in [2.75, 3.05) is 74.1 Å². The summed E-state index contributed by atoms with van der Waals surface area (Å²) in [7, 11) is -3.93. The van der Waals surface area contributed by atoms with E-state index in [1.807, 2.05) is 41.5 Å². The number of rotatable bonds is 33. The lowest BCUT2D eigenvalue weighted by Gasteiger charge is -2.33. The lowest BCUT2D eigenvalue weighted by atomic mass is 10.0. The fourth-order valence-electron chi connectivity index (χ4n) is 6.96. The lowest BCUT2D eigenvalue weighted by Crippen LogP contribution is -2.51. The Morgan fingerprint density at radius 2 is 1.06 bits per heavy atom. The van der Waals surface area contributed by atoms with Crippen molar-refractivity contribution in [1.29, 1.82) is 0 Å². The Morgan fingerprint density at radius 3 is 1.40 bits per heavy atom. The Morgan fingerprint density at radius 1 is 0.642 bits per heavy atom. The molecule has 4 radical (unpaired) electrons. The van der Waals surface area contributed by atoms with E-state index in [1.165, 1.54) is 11.1 Å². The van der Waals surface area contributed by atoms with Crippen molar-refractivity contribution >= 4 is 63.9 Å². The molecule has 1 atom stereocenters. The summed E-state index contributed by atoms with van der Waals surface area (Å²) in [5.41, 5.74) is 2.81. The molecule has 0 aliphatic carbocycles. The van der Waals surface area contributed by atoms with Gasteiger partial charge in [-0.25, -0.2) is 0 Å². The molecule has 0 aliphatic heterocycles. The zero-order valence-electron chi connectivity index (χ0n) is 35.9. The Hall–Kier alpha value is 0.0813. The van der Waals surface area contributed by atoms with Crippen LogP contribution in [0.5, 0.6) is 0 Å². The molecule has 0 aromatic heterocycles. The molecule has 0 heterocycles. The number of hydrogen-bond donors (Lipinski definition) is 2. The molecule has 0 aliphatic rings. The van der Waals surface area contributed by atoms with Gasteiger partial charge in [-0.1, -0.05) is 61.7 Å². The summed E-state index contributed by atoms with van der Waals surface area (Å²) in [6.07, 6.45) is 2.81. The number of benzene rings is 1. The van der Waals surface area contributed by atoms with E-state index in [1.54, 1.807) is 31.7 Å². The van der Waals surface area contributed by atoms with Gasteiger partial charge in [-0.2, -0.15) is 0 Å². The highest BCUT2D eigenvalue weighted by molar-refractivity contribution is 6.82. The largest absolute Gasteiger partial charge is 0.507 e. The van der Waals surface area contributed by atoms with Gasteiger partial charge in [0.25, 0.3) is 0 Å². The minimum absolute atomic E-state index is 0.0160. The van der Waals surface area contributed by atoms with Gasteiger partial charge in [0.2, 0.25) is 0 Å². The third kappa shape index (κ3) is 16.1. The predicted octanol–water partition coefficient (Wildman–Crippen LogP) is 5.14. The number of hydrogen-bond acceptors (Lipinski definition) is 11. The van der Waals surface area contributed by atoms with Gasteiger partial charge >= 0.3 is 26.4 Å². The Balaban J connectivity index is 3.35. The number of nitrogens with one attached hydrogen (secondary N) is 2. The third-order valence-electron chi connectivity index (χ3n) is 9.16. The van der Waals surface area contributed by atoms with E-state index in [4.69, 9.17) is 39.8 Å². The monoisotopic (exact) mass is 848 g/mol. The highest BCUT2D eigenvalue weighted by Gasteiger charge is 2.47. The first-order chi connectivity index (χ1) is 25.4. The standard InChI is InChI=1S/C36H76N2O9Si6/c1-15-42-51(43-16-2,44-17-3)29-21-26-37-36(38-27-22-30-52(45-18-4,46-19-5)47-20-6)48-28-25-33-32(31(7)53(39-8,40-9)41-10)23-24-34(49(11)12)35(33)50(13)14/h23-24,31,36-38H,15-22,25-30H2,1-14H3. The molecule has 1 unspecified atom stereocenters. The normalized spacial score (nSPS) is 13.6. The minimum Gasteiger partial charge on any atom is -0.376 e. The van der Waals surface area contributed by atoms with Crippen LogP contribution < -0.4 is 21.0 Å². The first-order valence-electron chi connectivity index (χ1n) is 19.8. The van der Waals surface area contributed by atoms with E-state index >= 15 is 0 Å². The molecule has 53 heavy (non-hydrogen) atoms. The van der Waals surface area contributed by atoms with E-state index in [0.717, 1.165) is 50.5 Å². The molecule has 0 fully saturated rings. The average molecular weight is 850 g/mol. The van der Waals surface area contributed by atoms with E-state index in [2.05, 4.69) is 55.9 Å². The van der Waals surface area contributed by atoms with Crippen LogP contribution in [0.3, 0.4) is 0 Å². The van der Waals surface area contributed by atoms with Gasteiger partial charge in [0, 0.05) is 78.8 Å². The van der Waals surface area contributed by atoms with Gasteiger partial charge in [0.15, 0.2) is 0 Å². The SMILES string of the molecule is CCO[Si](CCCNC(NCCC[Si](OCC)(OCC)OCC)[Si]CCc1c(C(C)[Si](OC)(OC)OC)ccc([Si](C)C)c1[Si](C)C)(OCC)OCC. The van der Waals surface area contributed by atoms with Gasteiger partial charge in [-0.15, -0.1) is 0 Å². The topological polar surface area (TPSA) is 107 Å². The van der Waals surface area contributed by atoms with Crippen molar-refractivity contribution in [3.8, 4) is 0 Å². The van der Waals surface area contributed by atoms with Crippen LogP contribution in [0.2, 0.25) is 44.3 Å². The first kappa shape index (κ1) is 51.1. The van der Waals surface area contributed by atoms with Gasteiger partial charge in [-0.3, -0.25) is 0 Å². The van der Waals surface area contributed by atoms with Crippen LogP contribution in [0.1, 0.15) is 78.0 Å². The molecule has 0 saturated heterocycles. The van der Waals surface area contributed by atoms with E-state index in [0.29, 0.717) is 49.2 Å². The Labute approximate surface area is 333 Å². The van der Waals surface area contributed by atoms with Gasteiger partial charge < -0.3 is 50.5 Å².